The number of aliphatic hydroxyl groups excluding tert-OH is 2. The van der Waals surface area contributed by atoms with Crippen molar-refractivity contribution >= 4 is 0 Å². The normalized spacial score (nSPS) is 48.0. The molecule has 1 aliphatic heterocycles. The molecule has 0 amide bonds. The Kier molecular flexibility index (Phi) is 2.25. The fraction of sp³-hybridized carbons (Fsp3) is 1.00. The highest BCUT2D eigenvalue weighted by Crippen LogP contribution is 2.19. The highest BCUT2D eigenvalue weighted by atomic mass is 16.5. The first kappa shape index (κ1) is 7.94. The van der Waals surface area contributed by atoms with Crippen molar-refractivity contribution in [2.75, 3.05) is 6.54 Å². The largest absolute Gasteiger partial charge is 0.388 e. The first-order chi connectivity index (χ1) is 4.66. The molecule has 1 unspecified atom stereocenters. The van der Waals surface area contributed by atoms with Crippen molar-refractivity contribution in [3.63, 3.8) is 0 Å². The lowest BCUT2D eigenvalue weighted by Gasteiger charge is -2.10. The van der Waals surface area contributed by atoms with Gasteiger partial charge >= 0.3 is 0 Å². The van der Waals surface area contributed by atoms with Gasteiger partial charge in [0.15, 0.2) is 0 Å². The fourth-order valence-corrected chi connectivity index (χ4v) is 1.13. The molecule has 0 aromatic carbocycles. The molecule has 0 aliphatic carbocycles. The molecule has 4 heteroatoms. The van der Waals surface area contributed by atoms with Crippen molar-refractivity contribution in [2.24, 2.45) is 5.73 Å². The summed E-state index contributed by atoms with van der Waals surface area (Å²) >= 11 is 0. The average molecular weight is 147 g/mol. The van der Waals surface area contributed by atoms with Gasteiger partial charge in [0.1, 0.15) is 12.2 Å². The SMILES string of the molecule is C[C@@H]1O[C@H](CN)[C@H](O)C1O. The van der Waals surface area contributed by atoms with Gasteiger partial charge in [0, 0.05) is 6.54 Å². The Morgan fingerprint density at radius 3 is 2.20 bits per heavy atom. The minimum atomic E-state index is -0.819. The standard InChI is InChI=1S/C6H13NO3/c1-3-5(8)6(9)4(2-7)10-3/h3-6,8-9H,2,7H2,1H3/t3-,4+,5?,6-/m0/s1. The summed E-state index contributed by atoms with van der Waals surface area (Å²) < 4.78 is 5.11. The van der Waals surface area contributed by atoms with Gasteiger partial charge in [0.05, 0.1) is 12.2 Å². The zero-order valence-electron chi connectivity index (χ0n) is 5.90. The van der Waals surface area contributed by atoms with Crippen molar-refractivity contribution in [2.45, 2.75) is 31.3 Å². The van der Waals surface area contributed by atoms with E-state index < -0.39 is 18.3 Å². The molecular formula is C6H13NO3. The van der Waals surface area contributed by atoms with Crippen LogP contribution < -0.4 is 5.73 Å². The molecule has 0 spiro atoms. The molecule has 60 valence electrons. The first-order valence-electron chi connectivity index (χ1n) is 3.38. The predicted octanol–water partition coefficient (Wildman–Crippen LogP) is -1.55. The summed E-state index contributed by atoms with van der Waals surface area (Å²) in [5.74, 6) is 0. The van der Waals surface area contributed by atoms with E-state index in [1.54, 1.807) is 6.92 Å². The van der Waals surface area contributed by atoms with Gasteiger partial charge in [-0.05, 0) is 6.92 Å². The summed E-state index contributed by atoms with van der Waals surface area (Å²) in [6, 6.07) is 0. The highest BCUT2D eigenvalue weighted by Gasteiger charge is 2.38. The number of rotatable bonds is 1. The molecule has 1 fully saturated rings. The molecule has 0 bridgehead atoms. The smallest absolute Gasteiger partial charge is 0.110 e. The third kappa shape index (κ3) is 1.15. The maximum atomic E-state index is 9.17. The third-order valence-corrected chi connectivity index (χ3v) is 1.83. The fourth-order valence-electron chi connectivity index (χ4n) is 1.13. The Bertz CT molecular complexity index is 120. The van der Waals surface area contributed by atoms with E-state index in [0.717, 1.165) is 0 Å². The summed E-state index contributed by atoms with van der Waals surface area (Å²) in [4.78, 5) is 0. The Morgan fingerprint density at radius 2 is 2.00 bits per heavy atom. The van der Waals surface area contributed by atoms with Crippen molar-refractivity contribution in [1.82, 2.24) is 0 Å². The van der Waals surface area contributed by atoms with Crippen LogP contribution in [0.4, 0.5) is 0 Å². The van der Waals surface area contributed by atoms with Crippen LogP contribution in [0.5, 0.6) is 0 Å². The Balaban J connectivity index is 2.53. The number of aliphatic hydroxyl groups is 2. The zero-order valence-corrected chi connectivity index (χ0v) is 5.90. The van der Waals surface area contributed by atoms with Crippen molar-refractivity contribution in [3.8, 4) is 0 Å². The van der Waals surface area contributed by atoms with Crippen molar-refractivity contribution in [1.29, 1.82) is 0 Å². The van der Waals surface area contributed by atoms with Crippen LogP contribution in [0.25, 0.3) is 0 Å². The summed E-state index contributed by atoms with van der Waals surface area (Å²) in [5, 5.41) is 18.3. The molecule has 0 aromatic rings. The average Bonchev–Trinajstić information content (AvgIpc) is 2.17. The van der Waals surface area contributed by atoms with E-state index >= 15 is 0 Å². The molecule has 4 nitrogen and oxygen atoms in total. The number of hydrogen-bond donors (Lipinski definition) is 3. The van der Waals surface area contributed by atoms with E-state index in [9.17, 15) is 5.11 Å². The summed E-state index contributed by atoms with van der Waals surface area (Å²) in [5.41, 5.74) is 5.25. The third-order valence-electron chi connectivity index (χ3n) is 1.83. The lowest BCUT2D eigenvalue weighted by atomic mass is 10.1. The number of ether oxygens (including phenoxy) is 1. The monoisotopic (exact) mass is 147 g/mol. The quantitative estimate of drug-likeness (QED) is 0.420. The predicted molar refractivity (Wildman–Crippen MR) is 35.4 cm³/mol. The topological polar surface area (TPSA) is 75.7 Å². The van der Waals surface area contributed by atoms with Gasteiger partial charge in [0.2, 0.25) is 0 Å². The van der Waals surface area contributed by atoms with E-state index in [2.05, 4.69) is 0 Å². The van der Waals surface area contributed by atoms with Crippen LogP contribution >= 0.6 is 0 Å². The van der Waals surface area contributed by atoms with Crippen LogP contribution in [0.1, 0.15) is 6.92 Å². The van der Waals surface area contributed by atoms with E-state index in [4.69, 9.17) is 15.6 Å². The van der Waals surface area contributed by atoms with E-state index in [0.29, 0.717) is 0 Å². The highest BCUT2D eigenvalue weighted by molar-refractivity contribution is 4.88. The van der Waals surface area contributed by atoms with Crippen molar-refractivity contribution in [3.05, 3.63) is 0 Å². The molecule has 0 radical (unpaired) electrons. The minimum absolute atomic E-state index is 0.253. The van der Waals surface area contributed by atoms with Crippen LogP contribution in [-0.2, 0) is 4.74 Å². The van der Waals surface area contributed by atoms with E-state index in [1.807, 2.05) is 0 Å². The van der Waals surface area contributed by atoms with Crippen molar-refractivity contribution < 1.29 is 14.9 Å². The molecule has 1 saturated heterocycles. The van der Waals surface area contributed by atoms with Crippen LogP contribution in [0, 0.1) is 0 Å². The molecule has 1 rings (SSSR count). The van der Waals surface area contributed by atoms with Crippen LogP contribution in [0.3, 0.4) is 0 Å². The molecule has 4 atom stereocenters. The molecule has 0 aromatic heterocycles. The van der Waals surface area contributed by atoms with Crippen LogP contribution in [-0.4, -0.2) is 41.2 Å². The summed E-state index contributed by atoms with van der Waals surface area (Å²) in [6.45, 7) is 1.96. The molecule has 1 aliphatic rings. The molecule has 10 heavy (non-hydrogen) atoms. The van der Waals surface area contributed by atoms with Gasteiger partial charge in [-0.3, -0.25) is 0 Å². The number of hydrogen-bond acceptors (Lipinski definition) is 4. The molecule has 4 N–H and O–H groups in total. The maximum Gasteiger partial charge on any atom is 0.110 e. The second kappa shape index (κ2) is 2.84. The van der Waals surface area contributed by atoms with Crippen LogP contribution in [0.15, 0.2) is 0 Å². The Morgan fingerprint density at radius 1 is 1.40 bits per heavy atom. The molecular weight excluding hydrogens is 134 g/mol. The Labute approximate surface area is 59.6 Å². The van der Waals surface area contributed by atoms with Gasteiger partial charge in [0.25, 0.3) is 0 Å². The minimum Gasteiger partial charge on any atom is -0.388 e. The molecule has 0 saturated carbocycles. The van der Waals surface area contributed by atoms with E-state index in [-0.39, 0.29) is 12.6 Å². The summed E-state index contributed by atoms with van der Waals surface area (Å²) in [6.07, 6.45) is -2.30. The first-order valence-corrected chi connectivity index (χ1v) is 3.38. The number of nitrogens with two attached hydrogens (primary N) is 1. The van der Waals surface area contributed by atoms with Crippen LogP contribution in [0.2, 0.25) is 0 Å². The van der Waals surface area contributed by atoms with Gasteiger partial charge < -0.3 is 20.7 Å². The lowest BCUT2D eigenvalue weighted by molar-refractivity contribution is 0.0223. The van der Waals surface area contributed by atoms with Gasteiger partial charge in [-0.15, -0.1) is 0 Å². The van der Waals surface area contributed by atoms with Gasteiger partial charge in [-0.2, -0.15) is 0 Å². The Hall–Kier alpha value is -0.160. The van der Waals surface area contributed by atoms with Gasteiger partial charge in [-0.1, -0.05) is 0 Å². The summed E-state index contributed by atoms with van der Waals surface area (Å²) in [7, 11) is 0. The maximum absolute atomic E-state index is 9.17. The second-order valence-corrected chi connectivity index (χ2v) is 2.60. The van der Waals surface area contributed by atoms with Gasteiger partial charge in [-0.25, -0.2) is 0 Å². The second-order valence-electron chi connectivity index (χ2n) is 2.60. The molecule has 1 heterocycles. The van der Waals surface area contributed by atoms with E-state index in [1.165, 1.54) is 0 Å². The lowest BCUT2D eigenvalue weighted by Crippen LogP contribution is -2.35. The zero-order chi connectivity index (χ0) is 7.72.